The highest BCUT2D eigenvalue weighted by atomic mass is 35.5. The molecule has 5 heteroatoms. The molecule has 0 atom stereocenters. The van der Waals surface area contributed by atoms with Gasteiger partial charge >= 0.3 is 0 Å². The molecule has 0 saturated heterocycles. The zero-order valence-corrected chi connectivity index (χ0v) is 12.0. The maximum Gasteiger partial charge on any atom is 0.132 e. The Balaban J connectivity index is 2.32. The second kappa shape index (κ2) is 5.85. The Hall–Kier alpha value is -0.580. The number of halogens is 1. The van der Waals surface area contributed by atoms with Crippen molar-refractivity contribution in [3.8, 4) is 0 Å². The molecule has 0 aliphatic heterocycles. The van der Waals surface area contributed by atoms with Gasteiger partial charge in [-0.1, -0.05) is 11.6 Å². The van der Waals surface area contributed by atoms with Crippen LogP contribution < -0.4 is 0 Å². The highest BCUT2D eigenvalue weighted by Gasteiger charge is 2.12. The van der Waals surface area contributed by atoms with E-state index in [9.17, 15) is 0 Å². The quantitative estimate of drug-likeness (QED) is 0.764. The van der Waals surface area contributed by atoms with Crippen molar-refractivity contribution in [2.24, 2.45) is 7.05 Å². The number of nitrogens with zero attached hydrogens (tertiary/aromatic N) is 2. The molecule has 0 radical (unpaired) electrons. The summed E-state index contributed by atoms with van der Waals surface area (Å²) in [6, 6.07) is 0. The fraction of sp³-hybridized carbons (Fsp3) is 0.750. The van der Waals surface area contributed by atoms with Crippen molar-refractivity contribution in [2.45, 2.75) is 39.9 Å². The van der Waals surface area contributed by atoms with Gasteiger partial charge in [-0.05, 0) is 27.7 Å². The molecule has 0 unspecified atom stereocenters. The van der Waals surface area contributed by atoms with E-state index in [1.807, 2.05) is 34.7 Å². The lowest BCUT2D eigenvalue weighted by Crippen LogP contribution is -2.21. The Labute approximate surface area is 108 Å². The largest absolute Gasteiger partial charge is 0.374 e. The van der Waals surface area contributed by atoms with E-state index in [4.69, 9.17) is 21.1 Å². The first-order valence-electron chi connectivity index (χ1n) is 5.71. The van der Waals surface area contributed by atoms with Gasteiger partial charge in [-0.25, -0.2) is 0 Å². The molecule has 1 heterocycles. The monoisotopic (exact) mass is 260 g/mol. The van der Waals surface area contributed by atoms with E-state index >= 15 is 0 Å². The lowest BCUT2D eigenvalue weighted by molar-refractivity contribution is -0.0377. The minimum atomic E-state index is -0.120. The van der Waals surface area contributed by atoms with Crippen LogP contribution in [0.15, 0.2) is 0 Å². The smallest absolute Gasteiger partial charge is 0.132 e. The van der Waals surface area contributed by atoms with Crippen molar-refractivity contribution in [1.82, 2.24) is 9.78 Å². The van der Waals surface area contributed by atoms with Crippen LogP contribution in [0, 0.1) is 6.92 Å². The standard InChI is InChI=1S/C12H21ClN2O2/c1-9-10(11(13)15(5)14-9)8-16-6-7-17-12(2,3)4/h6-8H2,1-5H3. The molecular weight excluding hydrogens is 240 g/mol. The fourth-order valence-corrected chi connectivity index (χ4v) is 1.65. The summed E-state index contributed by atoms with van der Waals surface area (Å²) < 4.78 is 12.7. The van der Waals surface area contributed by atoms with Gasteiger partial charge in [0.1, 0.15) is 5.15 Å². The summed E-state index contributed by atoms with van der Waals surface area (Å²) in [5.41, 5.74) is 1.74. The lowest BCUT2D eigenvalue weighted by atomic mass is 10.2. The second-order valence-electron chi connectivity index (χ2n) is 4.99. The molecule has 0 N–H and O–H groups in total. The van der Waals surface area contributed by atoms with Crippen molar-refractivity contribution < 1.29 is 9.47 Å². The van der Waals surface area contributed by atoms with Crippen LogP contribution in [0.1, 0.15) is 32.0 Å². The molecule has 0 amide bonds. The van der Waals surface area contributed by atoms with Crippen molar-refractivity contribution in [3.63, 3.8) is 0 Å². The predicted molar refractivity (Wildman–Crippen MR) is 68.3 cm³/mol. The van der Waals surface area contributed by atoms with E-state index in [1.54, 1.807) is 4.68 Å². The minimum Gasteiger partial charge on any atom is -0.374 e. The molecule has 0 aromatic carbocycles. The zero-order chi connectivity index (χ0) is 13.1. The second-order valence-corrected chi connectivity index (χ2v) is 5.35. The summed E-state index contributed by atoms with van der Waals surface area (Å²) in [6.07, 6.45) is 0. The zero-order valence-electron chi connectivity index (χ0n) is 11.2. The molecule has 0 aliphatic rings. The van der Waals surface area contributed by atoms with Crippen LogP contribution >= 0.6 is 11.6 Å². The average Bonchev–Trinajstić information content (AvgIpc) is 2.42. The third kappa shape index (κ3) is 4.66. The first-order valence-corrected chi connectivity index (χ1v) is 6.09. The number of hydrogen-bond donors (Lipinski definition) is 0. The Bertz CT molecular complexity index is 369. The molecule has 0 bridgehead atoms. The summed E-state index contributed by atoms with van der Waals surface area (Å²) in [5.74, 6) is 0. The van der Waals surface area contributed by atoms with Crippen LogP contribution in [-0.2, 0) is 23.1 Å². The molecule has 4 nitrogen and oxygen atoms in total. The third-order valence-corrected chi connectivity index (χ3v) is 2.75. The first kappa shape index (κ1) is 14.5. The van der Waals surface area contributed by atoms with E-state index in [-0.39, 0.29) is 5.60 Å². The van der Waals surface area contributed by atoms with Gasteiger partial charge in [0.15, 0.2) is 0 Å². The van der Waals surface area contributed by atoms with Crippen LogP contribution in [0.5, 0.6) is 0 Å². The van der Waals surface area contributed by atoms with E-state index in [2.05, 4.69) is 5.10 Å². The summed E-state index contributed by atoms with van der Waals surface area (Å²) in [5, 5.41) is 4.86. The third-order valence-electron chi connectivity index (χ3n) is 2.28. The lowest BCUT2D eigenvalue weighted by Gasteiger charge is -2.19. The van der Waals surface area contributed by atoms with Gasteiger partial charge in [0.25, 0.3) is 0 Å². The molecule has 0 fully saturated rings. The maximum atomic E-state index is 6.09. The van der Waals surface area contributed by atoms with Gasteiger partial charge in [0, 0.05) is 12.6 Å². The predicted octanol–water partition coefficient (Wildman–Crippen LogP) is 2.71. The van der Waals surface area contributed by atoms with E-state index < -0.39 is 0 Å². The molecule has 0 aliphatic carbocycles. The van der Waals surface area contributed by atoms with E-state index in [0.717, 1.165) is 11.3 Å². The van der Waals surface area contributed by atoms with Crippen LogP contribution in [0.3, 0.4) is 0 Å². The van der Waals surface area contributed by atoms with Crippen LogP contribution in [0.2, 0.25) is 5.15 Å². The SMILES string of the molecule is Cc1nn(C)c(Cl)c1COCCOC(C)(C)C. The highest BCUT2D eigenvalue weighted by molar-refractivity contribution is 6.30. The molecule has 98 valence electrons. The van der Waals surface area contributed by atoms with Crippen LogP contribution in [0.4, 0.5) is 0 Å². The van der Waals surface area contributed by atoms with Crippen molar-refractivity contribution in [2.75, 3.05) is 13.2 Å². The average molecular weight is 261 g/mol. The van der Waals surface area contributed by atoms with Gasteiger partial charge in [0.2, 0.25) is 0 Å². The molecular formula is C12H21ClN2O2. The van der Waals surface area contributed by atoms with Gasteiger partial charge in [-0.3, -0.25) is 4.68 Å². The number of hydrogen-bond acceptors (Lipinski definition) is 3. The first-order chi connectivity index (χ1) is 7.81. The minimum absolute atomic E-state index is 0.120. The van der Waals surface area contributed by atoms with Crippen LogP contribution in [-0.4, -0.2) is 28.6 Å². The topological polar surface area (TPSA) is 36.3 Å². The highest BCUT2D eigenvalue weighted by Crippen LogP contribution is 2.19. The van der Waals surface area contributed by atoms with E-state index in [1.165, 1.54) is 0 Å². The molecule has 0 spiro atoms. The summed E-state index contributed by atoms with van der Waals surface area (Å²) >= 11 is 6.09. The van der Waals surface area contributed by atoms with Gasteiger partial charge in [-0.2, -0.15) is 5.10 Å². The molecule has 17 heavy (non-hydrogen) atoms. The number of ether oxygens (including phenoxy) is 2. The summed E-state index contributed by atoms with van der Waals surface area (Å²) in [7, 11) is 1.82. The number of aromatic nitrogens is 2. The summed E-state index contributed by atoms with van der Waals surface area (Å²) in [6.45, 7) is 9.62. The molecule has 0 saturated carbocycles. The fourth-order valence-electron chi connectivity index (χ4n) is 1.42. The summed E-state index contributed by atoms with van der Waals surface area (Å²) in [4.78, 5) is 0. The van der Waals surface area contributed by atoms with Crippen molar-refractivity contribution in [1.29, 1.82) is 0 Å². The maximum absolute atomic E-state index is 6.09. The van der Waals surface area contributed by atoms with Crippen molar-refractivity contribution in [3.05, 3.63) is 16.4 Å². The van der Waals surface area contributed by atoms with Gasteiger partial charge in [0.05, 0.1) is 31.1 Å². The van der Waals surface area contributed by atoms with Crippen molar-refractivity contribution >= 4 is 11.6 Å². The van der Waals surface area contributed by atoms with Gasteiger partial charge in [-0.15, -0.1) is 0 Å². The molecule has 1 rings (SSSR count). The normalized spacial score (nSPS) is 12.1. The van der Waals surface area contributed by atoms with E-state index in [0.29, 0.717) is 25.0 Å². The number of rotatable bonds is 5. The Morgan fingerprint density at radius 3 is 2.41 bits per heavy atom. The molecule has 1 aromatic heterocycles. The Kier molecular flexibility index (Phi) is 4.98. The Morgan fingerprint density at radius 2 is 1.94 bits per heavy atom. The number of aryl methyl sites for hydroxylation is 2. The Morgan fingerprint density at radius 1 is 1.29 bits per heavy atom. The molecule has 1 aromatic rings. The van der Waals surface area contributed by atoms with Gasteiger partial charge < -0.3 is 9.47 Å². The van der Waals surface area contributed by atoms with Crippen LogP contribution in [0.25, 0.3) is 0 Å².